The van der Waals surface area contributed by atoms with E-state index in [0.717, 1.165) is 19.0 Å². The van der Waals surface area contributed by atoms with Crippen molar-refractivity contribution in [2.45, 2.75) is 18.6 Å². The van der Waals surface area contributed by atoms with E-state index in [1.165, 1.54) is 0 Å². The van der Waals surface area contributed by atoms with Gasteiger partial charge in [0.15, 0.2) is 0 Å². The quantitative estimate of drug-likeness (QED) is 0.348. The second-order valence-electron chi connectivity index (χ2n) is 1.92. The number of hydrogen-bond acceptors (Lipinski definition) is 3. The summed E-state index contributed by atoms with van der Waals surface area (Å²) >= 11 is 0.987. The predicted molar refractivity (Wildman–Crippen MR) is 39.4 cm³/mol. The average molecular weight is 145 g/mol. The zero-order valence-electron chi connectivity index (χ0n) is 5.86. The summed E-state index contributed by atoms with van der Waals surface area (Å²) in [5.74, 6) is 0. The molecule has 0 heterocycles. The number of aliphatic hydroxyl groups excluding tert-OH is 1. The third-order valence-corrected chi connectivity index (χ3v) is 1.56. The molecule has 1 rings (SSSR count). The monoisotopic (exact) mass is 145 g/mol. The minimum atomic E-state index is -0.365. The van der Waals surface area contributed by atoms with Crippen LogP contribution in [0.25, 0.3) is 0 Å². The summed E-state index contributed by atoms with van der Waals surface area (Å²) in [5, 5.41) is 8.97. The molecule has 0 aromatic rings. The number of hydrogen-bond donors (Lipinski definition) is 1. The van der Waals surface area contributed by atoms with Crippen LogP contribution in [0.15, 0.2) is 12.2 Å². The molecule has 1 N–H and O–H groups in total. The lowest BCUT2D eigenvalue weighted by molar-refractivity contribution is 0.179. The maximum absolute atomic E-state index is 8.97. The van der Waals surface area contributed by atoms with E-state index in [1.54, 1.807) is 12.2 Å². The van der Waals surface area contributed by atoms with Gasteiger partial charge in [-0.1, -0.05) is 24.0 Å². The van der Waals surface area contributed by atoms with Gasteiger partial charge in [-0.2, -0.15) is 0 Å². The molecule has 0 saturated heterocycles. The van der Waals surface area contributed by atoms with E-state index in [9.17, 15) is 0 Å². The lowest BCUT2D eigenvalue weighted by Crippen LogP contribution is -2.06. The van der Waals surface area contributed by atoms with Gasteiger partial charge in [0.1, 0.15) is 0 Å². The van der Waals surface area contributed by atoms with Crippen molar-refractivity contribution in [2.75, 3.05) is 0 Å². The van der Waals surface area contributed by atoms with Crippen molar-refractivity contribution in [1.29, 1.82) is 1.34 Å². The van der Waals surface area contributed by atoms with E-state index in [0.29, 0.717) is 6.42 Å². The summed E-state index contributed by atoms with van der Waals surface area (Å²) in [6, 6.07) is 0. The highest BCUT2D eigenvalue weighted by Gasteiger charge is 2.15. The van der Waals surface area contributed by atoms with Gasteiger partial charge in [-0.05, 0) is 1.34 Å². The first kappa shape index (κ1) is 5.83. The minimum Gasteiger partial charge on any atom is -0.389 e. The normalized spacial score (nSPS) is 34.6. The predicted octanol–water partition coefficient (Wildman–Crippen LogP) is 0.156. The molecule has 4 heteroatoms. The van der Waals surface area contributed by atoms with Gasteiger partial charge >= 0.3 is 0 Å². The summed E-state index contributed by atoms with van der Waals surface area (Å²) in [7, 11) is 1.12. The van der Waals surface area contributed by atoms with E-state index in [4.69, 9.17) is 10.6 Å². The van der Waals surface area contributed by atoms with Crippen molar-refractivity contribution in [2.24, 2.45) is 0 Å². The first-order chi connectivity index (χ1) is 4.83. The van der Waals surface area contributed by atoms with Crippen LogP contribution in [0, 0.1) is 0 Å². The van der Waals surface area contributed by atoms with Crippen LogP contribution in [0.5, 0.6) is 0 Å². The Morgan fingerprint density at radius 2 is 2.78 bits per heavy atom. The lowest BCUT2D eigenvalue weighted by atomic mass is 10.3. The van der Waals surface area contributed by atoms with Crippen LogP contribution >= 0.6 is 11.9 Å². The molecule has 0 amide bonds. The van der Waals surface area contributed by atoms with Gasteiger partial charge in [0.25, 0.3) is 0 Å². The summed E-state index contributed by atoms with van der Waals surface area (Å²) < 4.78 is 11.7. The van der Waals surface area contributed by atoms with Gasteiger partial charge in [0.05, 0.1) is 12.2 Å². The molecule has 0 fully saturated rings. The van der Waals surface area contributed by atoms with Crippen molar-refractivity contribution in [3.63, 3.8) is 0 Å². The van der Waals surface area contributed by atoms with Gasteiger partial charge in [0, 0.05) is 6.42 Å². The molecule has 0 aliphatic heterocycles. The fourth-order valence-corrected chi connectivity index (χ4v) is 1.08. The van der Waals surface area contributed by atoms with Crippen LogP contribution in [-0.2, 0) is 4.18 Å². The van der Waals surface area contributed by atoms with Gasteiger partial charge in [-0.3, -0.25) is 0 Å². The van der Waals surface area contributed by atoms with Crippen molar-refractivity contribution in [3.8, 4) is 0 Å². The Morgan fingerprint density at radius 3 is 3.33 bits per heavy atom. The van der Waals surface area contributed by atoms with Crippen LogP contribution in [0.1, 0.15) is 6.42 Å². The third-order valence-electron chi connectivity index (χ3n) is 1.20. The molecule has 0 unspecified atom stereocenters. The maximum Gasteiger partial charge on any atom is 0.209 e. The van der Waals surface area contributed by atoms with E-state index in [1.807, 2.05) is 0 Å². The van der Waals surface area contributed by atoms with Crippen LogP contribution < -0.4 is 0 Å². The van der Waals surface area contributed by atoms with Gasteiger partial charge in [-0.25, -0.2) is 0 Å². The fourth-order valence-electron chi connectivity index (χ4n) is 0.790. The van der Waals surface area contributed by atoms with Gasteiger partial charge in [0.2, 0.25) is 7.09 Å². The molecule has 0 bridgehead atoms. The zero-order valence-corrected chi connectivity index (χ0v) is 5.67. The van der Waals surface area contributed by atoms with Crippen LogP contribution in [-0.4, -0.2) is 25.7 Å². The standard InChI is InChI=1S/C5H8BO2S/c6-9-8-5-2-1-4(7)3-5/h1-2,4-7H,3H2/t4-,5+/m1/s1/i6T. The molecule has 1 aliphatic carbocycles. The Kier molecular flexibility index (Phi) is 2.13. The molecule has 0 saturated carbocycles. The molecule has 2 atom stereocenters. The number of rotatable bonds is 3. The molecule has 2 nitrogen and oxygen atoms in total. The topological polar surface area (TPSA) is 29.5 Å². The Hall–Kier alpha value is 0.0749. The summed E-state index contributed by atoms with van der Waals surface area (Å²) in [6.45, 7) is 0. The highest BCUT2D eigenvalue weighted by molar-refractivity contribution is 8.15. The van der Waals surface area contributed by atoms with Crippen molar-refractivity contribution in [1.82, 2.24) is 0 Å². The smallest absolute Gasteiger partial charge is 0.209 e. The summed E-state index contributed by atoms with van der Waals surface area (Å²) in [5.41, 5.74) is 0. The van der Waals surface area contributed by atoms with Crippen LogP contribution in [0.2, 0.25) is 0 Å². The Bertz CT molecular complexity index is 133. The SMILES string of the molecule is [3H][B]SO[C@H]1C=C[C@@H](O)C1. The summed E-state index contributed by atoms with van der Waals surface area (Å²) in [6.07, 6.45) is 3.73. The molecule has 1 radical (unpaired) electrons. The van der Waals surface area contributed by atoms with Crippen LogP contribution in [0.3, 0.4) is 0 Å². The zero-order chi connectivity index (χ0) is 7.40. The van der Waals surface area contributed by atoms with Crippen LogP contribution in [0.4, 0.5) is 0 Å². The van der Waals surface area contributed by atoms with E-state index in [-0.39, 0.29) is 12.2 Å². The third kappa shape index (κ3) is 2.04. The largest absolute Gasteiger partial charge is 0.389 e. The van der Waals surface area contributed by atoms with Crippen molar-refractivity contribution < 1.29 is 9.29 Å². The molecular formula is C5H8BO2S. The van der Waals surface area contributed by atoms with Crippen molar-refractivity contribution in [3.05, 3.63) is 12.2 Å². The van der Waals surface area contributed by atoms with Gasteiger partial charge < -0.3 is 9.29 Å². The van der Waals surface area contributed by atoms with E-state index < -0.39 is 0 Å². The highest BCUT2D eigenvalue weighted by atomic mass is 32.2. The van der Waals surface area contributed by atoms with E-state index >= 15 is 0 Å². The molecule has 9 heavy (non-hydrogen) atoms. The Balaban J connectivity index is 2.14. The Labute approximate surface area is 61.2 Å². The molecule has 0 aromatic carbocycles. The second-order valence-corrected chi connectivity index (χ2v) is 2.30. The minimum absolute atomic E-state index is 0.0263. The van der Waals surface area contributed by atoms with E-state index in [2.05, 4.69) is 0 Å². The van der Waals surface area contributed by atoms with Crippen molar-refractivity contribution >= 4 is 19.0 Å². The second kappa shape index (κ2) is 3.30. The summed E-state index contributed by atoms with van der Waals surface area (Å²) in [4.78, 5) is 0. The molecular weight excluding hydrogens is 135 g/mol. The molecule has 0 spiro atoms. The molecule has 1 aliphatic rings. The van der Waals surface area contributed by atoms with Gasteiger partial charge in [-0.15, -0.1) is 0 Å². The lowest BCUT2D eigenvalue weighted by Gasteiger charge is -2.05. The fraction of sp³-hybridized carbons (Fsp3) is 0.600. The highest BCUT2D eigenvalue weighted by Crippen LogP contribution is 2.16. The maximum atomic E-state index is 8.97. The first-order valence-corrected chi connectivity index (χ1v) is 3.52. The molecule has 0 aromatic heterocycles. The molecule has 49 valence electrons. The Morgan fingerprint density at radius 1 is 1.89 bits per heavy atom. The first-order valence-electron chi connectivity index (χ1n) is 3.29. The average Bonchev–Trinajstić information content (AvgIpc) is 2.31. The number of aliphatic hydroxyl groups is 1.